The van der Waals surface area contributed by atoms with E-state index < -0.39 is 5.97 Å². The third-order valence-electron chi connectivity index (χ3n) is 6.33. The number of carboxylic acid groups (broad SMARTS) is 1. The fourth-order valence-corrected chi connectivity index (χ4v) is 4.08. The first-order valence-electron chi connectivity index (χ1n) is 9.50. The summed E-state index contributed by atoms with van der Waals surface area (Å²) < 4.78 is 5.45. The molecule has 1 aromatic heterocycles. The molecule has 3 fully saturated rings. The molecule has 0 bridgehead atoms. The van der Waals surface area contributed by atoms with E-state index in [0.29, 0.717) is 30.7 Å². The Bertz CT molecular complexity index is 809. The van der Waals surface area contributed by atoms with E-state index in [1.165, 1.54) is 12.0 Å². The molecule has 6 nitrogen and oxygen atoms in total. The van der Waals surface area contributed by atoms with Crippen LogP contribution in [0.4, 0.5) is 0 Å². The summed E-state index contributed by atoms with van der Waals surface area (Å²) in [5.41, 5.74) is 1.43. The first-order chi connectivity index (χ1) is 12.6. The topological polar surface area (TPSA) is 88.2 Å². The van der Waals surface area contributed by atoms with Gasteiger partial charge < -0.3 is 14.9 Å². The summed E-state index contributed by atoms with van der Waals surface area (Å²) in [6.45, 7) is 0.891. The average Bonchev–Trinajstić information content (AvgIpc) is 3.50. The maximum Gasteiger partial charge on any atom is 0.306 e. The Balaban J connectivity index is 1.17. The summed E-state index contributed by atoms with van der Waals surface area (Å²) in [6, 6.07) is 11.2. The lowest BCUT2D eigenvalue weighted by Gasteiger charge is -2.28. The number of nitrogens with zero attached hydrogens (tertiary/aromatic N) is 2. The van der Waals surface area contributed by atoms with Crippen LogP contribution in [0.2, 0.25) is 0 Å². The number of aromatic nitrogens is 2. The first-order valence-corrected chi connectivity index (χ1v) is 9.50. The van der Waals surface area contributed by atoms with E-state index in [1.807, 2.05) is 0 Å². The second kappa shape index (κ2) is 5.91. The highest BCUT2D eigenvalue weighted by atomic mass is 16.5. The van der Waals surface area contributed by atoms with Crippen LogP contribution in [0.1, 0.15) is 61.2 Å². The quantitative estimate of drug-likeness (QED) is 0.796. The van der Waals surface area contributed by atoms with Crippen LogP contribution in [-0.4, -0.2) is 33.8 Å². The molecule has 26 heavy (non-hydrogen) atoms. The lowest BCUT2D eigenvalue weighted by Crippen LogP contribution is -2.30. The van der Waals surface area contributed by atoms with Gasteiger partial charge in [0, 0.05) is 29.8 Å². The summed E-state index contributed by atoms with van der Waals surface area (Å²) in [6.07, 6.45) is 4.59. The van der Waals surface area contributed by atoms with Gasteiger partial charge in [-0.2, -0.15) is 4.98 Å². The van der Waals surface area contributed by atoms with Gasteiger partial charge >= 0.3 is 5.97 Å². The molecular formula is C20H23N3O3. The standard InChI is InChI=1S/C20H23N3O3/c24-18(25)14-8-13(9-14)17-22-19(23-26-17)20(6-7-20)11-21-16-10-15(16)12-4-2-1-3-5-12/h1-5,13-16,21H,6-11H2,(H,24,25)/t13-,14+,15?,16-/m1/s1. The fraction of sp³-hybridized carbons (Fsp3) is 0.550. The SMILES string of the molecule is O=C(O)[C@H]1C[C@@H](c2nc(C3(CN[C@@H]4CC4c4ccccc4)CC3)no2)C1. The highest BCUT2D eigenvalue weighted by Crippen LogP contribution is 2.49. The zero-order valence-corrected chi connectivity index (χ0v) is 14.6. The molecule has 5 rings (SSSR count). The molecule has 3 saturated carbocycles. The molecule has 0 amide bonds. The Morgan fingerprint density at radius 1 is 1.23 bits per heavy atom. The number of nitrogens with one attached hydrogen (secondary N) is 1. The second-order valence-electron chi connectivity index (χ2n) is 8.18. The minimum absolute atomic E-state index is 0.0154. The molecule has 3 aliphatic rings. The molecule has 1 unspecified atom stereocenters. The number of hydrogen-bond donors (Lipinski definition) is 2. The zero-order valence-electron chi connectivity index (χ0n) is 14.6. The van der Waals surface area contributed by atoms with Gasteiger partial charge in [-0.3, -0.25) is 4.79 Å². The van der Waals surface area contributed by atoms with Crippen LogP contribution in [0.15, 0.2) is 34.9 Å². The van der Waals surface area contributed by atoms with Crippen molar-refractivity contribution in [2.24, 2.45) is 5.92 Å². The molecule has 0 saturated heterocycles. The number of rotatable bonds is 7. The minimum atomic E-state index is -0.721. The number of carboxylic acids is 1. The number of aliphatic carboxylic acids is 1. The van der Waals surface area contributed by atoms with Crippen molar-refractivity contribution in [3.05, 3.63) is 47.6 Å². The van der Waals surface area contributed by atoms with Crippen LogP contribution in [0.5, 0.6) is 0 Å². The van der Waals surface area contributed by atoms with Crippen molar-refractivity contribution < 1.29 is 14.4 Å². The van der Waals surface area contributed by atoms with Crippen molar-refractivity contribution in [2.45, 2.75) is 55.4 Å². The lowest BCUT2D eigenvalue weighted by molar-refractivity contribution is -0.145. The Kier molecular flexibility index (Phi) is 3.64. The van der Waals surface area contributed by atoms with Crippen LogP contribution in [-0.2, 0) is 10.2 Å². The molecule has 0 aliphatic heterocycles. The first kappa shape index (κ1) is 16.0. The van der Waals surface area contributed by atoms with Gasteiger partial charge in [0.1, 0.15) is 0 Å². The predicted molar refractivity (Wildman–Crippen MR) is 93.9 cm³/mol. The van der Waals surface area contributed by atoms with E-state index in [-0.39, 0.29) is 17.3 Å². The van der Waals surface area contributed by atoms with E-state index in [1.54, 1.807) is 0 Å². The van der Waals surface area contributed by atoms with Crippen molar-refractivity contribution in [2.75, 3.05) is 6.54 Å². The van der Waals surface area contributed by atoms with Gasteiger partial charge in [-0.15, -0.1) is 0 Å². The van der Waals surface area contributed by atoms with Gasteiger partial charge in [0.15, 0.2) is 5.82 Å². The van der Waals surface area contributed by atoms with Crippen molar-refractivity contribution >= 4 is 5.97 Å². The van der Waals surface area contributed by atoms with Gasteiger partial charge in [0.25, 0.3) is 0 Å². The molecule has 2 N–H and O–H groups in total. The van der Waals surface area contributed by atoms with Crippen molar-refractivity contribution in [3.63, 3.8) is 0 Å². The molecule has 0 spiro atoms. The summed E-state index contributed by atoms with van der Waals surface area (Å²) in [5, 5.41) is 16.9. The Morgan fingerprint density at radius 3 is 2.69 bits per heavy atom. The highest BCUT2D eigenvalue weighted by Gasteiger charge is 2.51. The van der Waals surface area contributed by atoms with E-state index in [2.05, 4.69) is 45.8 Å². The number of hydrogen-bond acceptors (Lipinski definition) is 5. The monoisotopic (exact) mass is 353 g/mol. The molecule has 2 aromatic rings. The summed E-state index contributed by atoms with van der Waals surface area (Å²) >= 11 is 0. The molecular weight excluding hydrogens is 330 g/mol. The van der Waals surface area contributed by atoms with Gasteiger partial charge in [-0.05, 0) is 37.7 Å². The van der Waals surface area contributed by atoms with Crippen LogP contribution in [0.25, 0.3) is 0 Å². The molecule has 2 atom stereocenters. The van der Waals surface area contributed by atoms with Crippen LogP contribution >= 0.6 is 0 Å². The minimum Gasteiger partial charge on any atom is -0.481 e. The smallest absolute Gasteiger partial charge is 0.306 e. The third kappa shape index (κ3) is 2.82. The lowest BCUT2D eigenvalue weighted by atomic mass is 9.75. The van der Waals surface area contributed by atoms with Crippen molar-refractivity contribution in [3.8, 4) is 0 Å². The highest BCUT2D eigenvalue weighted by molar-refractivity contribution is 5.71. The number of benzene rings is 1. The Hall–Kier alpha value is -2.21. The zero-order chi connectivity index (χ0) is 17.7. The van der Waals surface area contributed by atoms with Gasteiger partial charge in [-0.1, -0.05) is 35.5 Å². The van der Waals surface area contributed by atoms with E-state index in [0.717, 1.165) is 25.2 Å². The number of carbonyl (C=O) groups is 1. The molecule has 3 aliphatic carbocycles. The van der Waals surface area contributed by atoms with Crippen molar-refractivity contribution in [1.29, 1.82) is 0 Å². The maximum atomic E-state index is 10.9. The van der Waals surface area contributed by atoms with Crippen LogP contribution in [0, 0.1) is 5.92 Å². The van der Waals surface area contributed by atoms with E-state index >= 15 is 0 Å². The molecule has 136 valence electrons. The normalized spacial score (nSPS) is 31.2. The van der Waals surface area contributed by atoms with E-state index in [4.69, 9.17) is 9.63 Å². The van der Waals surface area contributed by atoms with Crippen LogP contribution < -0.4 is 5.32 Å². The van der Waals surface area contributed by atoms with Gasteiger partial charge in [0.2, 0.25) is 5.89 Å². The van der Waals surface area contributed by atoms with Crippen molar-refractivity contribution in [1.82, 2.24) is 15.5 Å². The van der Waals surface area contributed by atoms with Gasteiger partial charge in [-0.25, -0.2) is 0 Å². The van der Waals surface area contributed by atoms with Gasteiger partial charge in [0.05, 0.1) is 5.92 Å². The summed E-state index contributed by atoms with van der Waals surface area (Å²) in [7, 11) is 0. The summed E-state index contributed by atoms with van der Waals surface area (Å²) in [4.78, 5) is 15.6. The molecule has 1 aromatic carbocycles. The molecule has 0 radical (unpaired) electrons. The summed E-state index contributed by atoms with van der Waals surface area (Å²) in [5.74, 6) is 1.19. The Labute approximate surface area is 152 Å². The molecule has 6 heteroatoms. The van der Waals surface area contributed by atoms with E-state index in [9.17, 15) is 4.79 Å². The Morgan fingerprint density at radius 2 is 2.00 bits per heavy atom. The largest absolute Gasteiger partial charge is 0.481 e. The predicted octanol–water partition coefficient (Wildman–Crippen LogP) is 2.83. The second-order valence-corrected chi connectivity index (χ2v) is 8.18. The third-order valence-corrected chi connectivity index (χ3v) is 6.33. The maximum absolute atomic E-state index is 10.9. The molecule has 1 heterocycles. The fourth-order valence-electron chi connectivity index (χ4n) is 4.08. The average molecular weight is 353 g/mol. The van der Waals surface area contributed by atoms with Crippen LogP contribution in [0.3, 0.4) is 0 Å².